The molecule has 1 amide bonds. The molecule has 110 valence electrons. The topological polar surface area (TPSA) is 83.8 Å². The number of methoxy groups -OCH3 is 1. The van der Waals surface area contributed by atoms with Crippen LogP contribution in [-0.2, 0) is 9.53 Å². The molecule has 1 aromatic heterocycles. The molecule has 1 heterocycles. The van der Waals surface area contributed by atoms with Crippen LogP contribution in [0.3, 0.4) is 0 Å². The quantitative estimate of drug-likeness (QED) is 0.505. The lowest BCUT2D eigenvalue weighted by Gasteiger charge is -2.14. The van der Waals surface area contributed by atoms with E-state index >= 15 is 0 Å². The van der Waals surface area contributed by atoms with Crippen LogP contribution >= 0.6 is 11.3 Å². The van der Waals surface area contributed by atoms with Crippen molar-refractivity contribution in [3.8, 4) is 0 Å². The highest BCUT2D eigenvalue weighted by Gasteiger charge is 2.21. The van der Waals surface area contributed by atoms with Crippen molar-refractivity contribution in [2.24, 2.45) is 5.16 Å². The molecule has 0 saturated carbocycles. The van der Waals surface area contributed by atoms with Gasteiger partial charge in [0.2, 0.25) is 0 Å². The maximum atomic E-state index is 12.2. The second-order valence-electron chi connectivity index (χ2n) is 4.24. The first-order chi connectivity index (χ1) is 10.2. The predicted octanol–water partition coefficient (Wildman–Crippen LogP) is 2.67. The van der Waals surface area contributed by atoms with Crippen LogP contribution in [0.25, 0.3) is 0 Å². The third-order valence-corrected chi connectivity index (χ3v) is 3.59. The number of thiazole rings is 1. The minimum Gasteiger partial charge on any atom is -0.411 e. The summed E-state index contributed by atoms with van der Waals surface area (Å²) in [6.07, 6.45) is -0.703. The van der Waals surface area contributed by atoms with Gasteiger partial charge in [-0.25, -0.2) is 4.98 Å². The van der Waals surface area contributed by atoms with Crippen molar-refractivity contribution in [3.05, 3.63) is 47.0 Å². The van der Waals surface area contributed by atoms with Crippen molar-refractivity contribution in [2.45, 2.75) is 13.0 Å². The SMILES string of the molecule is COC(C(=O)Nc1nc(C(C)=NO)cs1)c1ccccc1. The fourth-order valence-corrected chi connectivity index (χ4v) is 2.50. The van der Waals surface area contributed by atoms with E-state index in [1.54, 1.807) is 12.3 Å². The average molecular weight is 305 g/mol. The predicted molar refractivity (Wildman–Crippen MR) is 80.9 cm³/mol. The van der Waals surface area contributed by atoms with Crippen molar-refractivity contribution >= 4 is 28.1 Å². The Kier molecular flexibility index (Phi) is 5.02. The Morgan fingerprint density at radius 2 is 2.14 bits per heavy atom. The van der Waals surface area contributed by atoms with Gasteiger partial charge in [0.15, 0.2) is 11.2 Å². The first-order valence-corrected chi connectivity index (χ1v) is 7.07. The van der Waals surface area contributed by atoms with Gasteiger partial charge in [-0.3, -0.25) is 10.1 Å². The Morgan fingerprint density at radius 1 is 1.43 bits per heavy atom. The molecule has 0 aliphatic rings. The van der Waals surface area contributed by atoms with Crippen molar-refractivity contribution in [1.82, 2.24) is 4.98 Å². The number of rotatable bonds is 5. The van der Waals surface area contributed by atoms with Crippen molar-refractivity contribution in [2.75, 3.05) is 12.4 Å². The summed E-state index contributed by atoms with van der Waals surface area (Å²) in [4.78, 5) is 16.4. The summed E-state index contributed by atoms with van der Waals surface area (Å²) in [5, 5.41) is 16.6. The standard InChI is InChI=1S/C14H15N3O3S/c1-9(17-19)11-8-21-14(15-11)16-13(18)12(20-2)10-6-4-3-5-7-10/h3-8,12,19H,1-2H3,(H,15,16,18). The van der Waals surface area contributed by atoms with Crippen LogP contribution in [0.4, 0.5) is 5.13 Å². The van der Waals surface area contributed by atoms with Crippen LogP contribution in [-0.4, -0.2) is 28.9 Å². The number of ether oxygens (including phenoxy) is 1. The second-order valence-corrected chi connectivity index (χ2v) is 5.10. The third-order valence-electron chi connectivity index (χ3n) is 2.83. The maximum Gasteiger partial charge on any atom is 0.259 e. The van der Waals surface area contributed by atoms with Crippen LogP contribution in [0, 0.1) is 0 Å². The highest BCUT2D eigenvalue weighted by Crippen LogP contribution is 2.21. The first kappa shape index (κ1) is 15.1. The molecule has 21 heavy (non-hydrogen) atoms. The van der Waals surface area contributed by atoms with Crippen molar-refractivity contribution in [3.63, 3.8) is 0 Å². The van der Waals surface area contributed by atoms with Crippen LogP contribution in [0.15, 0.2) is 40.9 Å². The molecule has 0 saturated heterocycles. The zero-order valence-corrected chi connectivity index (χ0v) is 12.4. The van der Waals surface area contributed by atoms with Gasteiger partial charge in [0.25, 0.3) is 5.91 Å². The van der Waals surface area contributed by atoms with E-state index < -0.39 is 6.10 Å². The van der Waals surface area contributed by atoms with Gasteiger partial charge >= 0.3 is 0 Å². The number of nitrogens with one attached hydrogen (secondary N) is 1. The Bertz CT molecular complexity index is 640. The lowest BCUT2D eigenvalue weighted by atomic mass is 10.1. The van der Waals surface area contributed by atoms with Gasteiger partial charge in [-0.05, 0) is 12.5 Å². The molecular weight excluding hydrogens is 290 g/mol. The number of oxime groups is 1. The lowest BCUT2D eigenvalue weighted by molar-refractivity contribution is -0.126. The summed E-state index contributed by atoms with van der Waals surface area (Å²) < 4.78 is 5.25. The highest BCUT2D eigenvalue weighted by molar-refractivity contribution is 7.14. The van der Waals surface area contributed by atoms with Gasteiger partial charge in [0.1, 0.15) is 11.4 Å². The highest BCUT2D eigenvalue weighted by atomic mass is 32.1. The summed E-state index contributed by atoms with van der Waals surface area (Å²) in [5.41, 5.74) is 1.67. The molecule has 0 bridgehead atoms. The molecule has 0 aliphatic heterocycles. The van der Waals surface area contributed by atoms with Crippen LogP contribution in [0.2, 0.25) is 0 Å². The zero-order chi connectivity index (χ0) is 15.2. The molecular formula is C14H15N3O3S. The number of nitrogens with zero attached hydrogens (tertiary/aromatic N) is 2. The van der Waals surface area contributed by atoms with Crippen LogP contribution in [0.1, 0.15) is 24.3 Å². The van der Waals surface area contributed by atoms with Crippen LogP contribution < -0.4 is 5.32 Å². The van der Waals surface area contributed by atoms with E-state index in [1.807, 2.05) is 30.3 Å². The van der Waals surface area contributed by atoms with Gasteiger partial charge in [-0.15, -0.1) is 11.3 Å². The van der Waals surface area contributed by atoms with Gasteiger partial charge < -0.3 is 9.94 Å². The summed E-state index contributed by atoms with van der Waals surface area (Å²) in [5.74, 6) is -0.303. The van der Waals surface area contributed by atoms with E-state index in [2.05, 4.69) is 15.5 Å². The molecule has 0 aliphatic carbocycles. The molecule has 2 aromatic rings. The number of hydrogen-bond acceptors (Lipinski definition) is 6. The molecule has 0 radical (unpaired) electrons. The molecule has 0 fully saturated rings. The monoisotopic (exact) mass is 305 g/mol. The second kappa shape index (κ2) is 6.96. The number of hydrogen-bond donors (Lipinski definition) is 2. The molecule has 6 nitrogen and oxygen atoms in total. The number of carbonyl (C=O) groups excluding carboxylic acids is 1. The zero-order valence-electron chi connectivity index (χ0n) is 11.6. The fourth-order valence-electron chi connectivity index (χ4n) is 1.74. The Hall–Kier alpha value is -2.25. The Balaban J connectivity index is 2.11. The fraction of sp³-hybridized carbons (Fsp3) is 0.214. The maximum absolute atomic E-state index is 12.2. The van der Waals surface area contributed by atoms with E-state index in [0.29, 0.717) is 16.5 Å². The minimum absolute atomic E-state index is 0.303. The summed E-state index contributed by atoms with van der Waals surface area (Å²) in [7, 11) is 1.48. The smallest absolute Gasteiger partial charge is 0.259 e. The number of benzene rings is 1. The number of carbonyl (C=O) groups is 1. The lowest BCUT2D eigenvalue weighted by Crippen LogP contribution is -2.22. The molecule has 1 atom stereocenters. The van der Waals surface area contributed by atoms with Crippen molar-refractivity contribution < 1.29 is 14.7 Å². The van der Waals surface area contributed by atoms with E-state index in [1.165, 1.54) is 18.4 Å². The number of anilines is 1. The van der Waals surface area contributed by atoms with Gasteiger partial charge in [-0.2, -0.15) is 0 Å². The normalized spacial score (nSPS) is 13.0. The molecule has 0 spiro atoms. The summed E-state index contributed by atoms with van der Waals surface area (Å²) in [6.45, 7) is 1.63. The molecule has 2 N–H and O–H groups in total. The minimum atomic E-state index is -0.703. The van der Waals surface area contributed by atoms with Crippen LogP contribution in [0.5, 0.6) is 0 Å². The first-order valence-electron chi connectivity index (χ1n) is 6.19. The summed E-state index contributed by atoms with van der Waals surface area (Å²) >= 11 is 1.25. The molecule has 1 unspecified atom stereocenters. The Morgan fingerprint density at radius 3 is 2.76 bits per heavy atom. The van der Waals surface area contributed by atoms with E-state index in [4.69, 9.17) is 9.94 Å². The third kappa shape index (κ3) is 3.65. The number of aromatic nitrogens is 1. The molecule has 1 aromatic carbocycles. The largest absolute Gasteiger partial charge is 0.411 e. The molecule has 7 heteroatoms. The Labute approximate surface area is 126 Å². The summed E-state index contributed by atoms with van der Waals surface area (Å²) in [6, 6.07) is 9.21. The average Bonchev–Trinajstić information content (AvgIpc) is 2.96. The van der Waals surface area contributed by atoms with E-state index in [0.717, 1.165) is 5.56 Å². The van der Waals surface area contributed by atoms with E-state index in [-0.39, 0.29) is 5.91 Å². The molecule has 2 rings (SSSR count). The van der Waals surface area contributed by atoms with Gasteiger partial charge in [0.05, 0.1) is 0 Å². The van der Waals surface area contributed by atoms with Crippen molar-refractivity contribution in [1.29, 1.82) is 0 Å². The number of amides is 1. The van der Waals surface area contributed by atoms with Gasteiger partial charge in [-0.1, -0.05) is 35.5 Å². The van der Waals surface area contributed by atoms with Gasteiger partial charge in [0, 0.05) is 12.5 Å². The van der Waals surface area contributed by atoms with E-state index in [9.17, 15) is 4.79 Å².